The Morgan fingerprint density at radius 1 is 1.35 bits per heavy atom. The van der Waals surface area contributed by atoms with Crippen LogP contribution < -0.4 is 10.2 Å². The summed E-state index contributed by atoms with van der Waals surface area (Å²) in [6.45, 7) is 4.13. The maximum atomic E-state index is 12.5. The summed E-state index contributed by atoms with van der Waals surface area (Å²) < 4.78 is 1.71. The molecule has 1 atom stereocenters. The minimum absolute atomic E-state index is 0.0543. The molecular weight excluding hydrogens is 388 g/mol. The Kier molecular flexibility index (Phi) is 4.86. The van der Waals surface area contributed by atoms with Crippen LogP contribution in [-0.2, 0) is 9.59 Å². The van der Waals surface area contributed by atoms with E-state index in [0.29, 0.717) is 12.3 Å². The van der Waals surface area contributed by atoms with Crippen molar-refractivity contribution in [3.05, 3.63) is 27.1 Å². The van der Waals surface area contributed by atoms with Crippen molar-refractivity contribution >= 4 is 49.4 Å². The number of anilines is 1. The fourth-order valence-corrected chi connectivity index (χ4v) is 3.51. The van der Waals surface area contributed by atoms with Crippen LogP contribution in [0.4, 0.5) is 5.69 Å². The zero-order valence-corrected chi connectivity index (χ0v) is 14.5. The molecule has 1 N–H and O–H groups in total. The molecule has 1 heterocycles. The summed E-state index contributed by atoms with van der Waals surface area (Å²) in [5.41, 5.74) is 0.724. The lowest BCUT2D eigenvalue weighted by Crippen LogP contribution is -2.58. The molecule has 2 amide bonds. The molecule has 1 aliphatic rings. The Morgan fingerprint density at radius 3 is 2.65 bits per heavy atom. The van der Waals surface area contributed by atoms with Crippen LogP contribution in [0, 0.1) is 5.92 Å². The quantitative estimate of drug-likeness (QED) is 0.842. The van der Waals surface area contributed by atoms with E-state index in [9.17, 15) is 9.59 Å². The summed E-state index contributed by atoms with van der Waals surface area (Å²) >= 11 is 6.82. The Labute approximate surface area is 135 Å². The van der Waals surface area contributed by atoms with Gasteiger partial charge in [-0.2, -0.15) is 0 Å². The average Bonchev–Trinajstić information content (AvgIpc) is 2.33. The van der Waals surface area contributed by atoms with Crippen LogP contribution in [0.15, 0.2) is 27.1 Å². The Hall–Kier alpha value is -0.880. The van der Waals surface area contributed by atoms with E-state index in [2.05, 4.69) is 37.2 Å². The van der Waals surface area contributed by atoms with Crippen molar-refractivity contribution in [1.29, 1.82) is 0 Å². The third kappa shape index (κ3) is 3.41. The second kappa shape index (κ2) is 6.26. The molecule has 1 unspecified atom stereocenters. The molecule has 2 rings (SSSR count). The first-order valence-electron chi connectivity index (χ1n) is 6.44. The smallest absolute Gasteiger partial charge is 0.250 e. The number of amides is 2. The Morgan fingerprint density at radius 2 is 2.05 bits per heavy atom. The summed E-state index contributed by atoms with van der Waals surface area (Å²) in [6, 6.07) is 5.12. The first kappa shape index (κ1) is 15.5. The number of nitrogens with one attached hydrogen (secondary N) is 1. The van der Waals surface area contributed by atoms with Crippen molar-refractivity contribution in [2.24, 2.45) is 5.92 Å². The average molecular weight is 404 g/mol. The molecule has 1 aromatic carbocycles. The largest absolute Gasteiger partial charge is 0.343 e. The van der Waals surface area contributed by atoms with Crippen molar-refractivity contribution < 1.29 is 9.59 Å². The van der Waals surface area contributed by atoms with Gasteiger partial charge in [0.2, 0.25) is 11.8 Å². The Balaban J connectivity index is 2.30. The number of rotatable bonds is 3. The predicted molar refractivity (Wildman–Crippen MR) is 85.6 cm³/mol. The number of nitrogens with zero attached hydrogens (tertiary/aromatic N) is 1. The van der Waals surface area contributed by atoms with Crippen LogP contribution in [0.25, 0.3) is 0 Å². The molecule has 0 aromatic heterocycles. The van der Waals surface area contributed by atoms with Gasteiger partial charge in [0.25, 0.3) is 0 Å². The van der Waals surface area contributed by atoms with Gasteiger partial charge in [0.1, 0.15) is 12.6 Å². The molecule has 6 heteroatoms. The third-order valence-corrected chi connectivity index (χ3v) is 4.24. The molecule has 4 nitrogen and oxygen atoms in total. The SMILES string of the molecule is CC(C)CC1NC(=O)CN(c2ccc(Br)cc2Br)C1=O. The number of carbonyl (C=O) groups is 2. The van der Waals surface area contributed by atoms with E-state index in [4.69, 9.17) is 0 Å². The van der Waals surface area contributed by atoms with Gasteiger partial charge in [-0.25, -0.2) is 0 Å². The molecule has 0 spiro atoms. The van der Waals surface area contributed by atoms with Crippen LogP contribution in [0.3, 0.4) is 0 Å². The molecule has 0 bridgehead atoms. The normalized spacial score (nSPS) is 19.4. The number of piperazine rings is 1. The summed E-state index contributed by atoms with van der Waals surface area (Å²) in [5, 5.41) is 2.77. The van der Waals surface area contributed by atoms with Gasteiger partial charge < -0.3 is 10.2 Å². The van der Waals surface area contributed by atoms with E-state index < -0.39 is 6.04 Å². The van der Waals surface area contributed by atoms with Gasteiger partial charge in [0, 0.05) is 8.95 Å². The van der Waals surface area contributed by atoms with E-state index in [0.717, 1.165) is 14.6 Å². The molecule has 0 radical (unpaired) electrons. The summed E-state index contributed by atoms with van der Waals surface area (Å²) in [7, 11) is 0. The van der Waals surface area contributed by atoms with E-state index in [1.54, 1.807) is 4.90 Å². The van der Waals surface area contributed by atoms with Gasteiger partial charge in [-0.1, -0.05) is 29.8 Å². The standard InChI is InChI=1S/C14H16Br2N2O2/c1-8(2)5-11-14(20)18(7-13(19)17-11)12-4-3-9(15)6-10(12)16/h3-4,6,8,11H,5,7H2,1-2H3,(H,17,19). The van der Waals surface area contributed by atoms with Gasteiger partial charge in [0.05, 0.1) is 5.69 Å². The van der Waals surface area contributed by atoms with E-state index >= 15 is 0 Å². The third-order valence-electron chi connectivity index (χ3n) is 3.11. The van der Waals surface area contributed by atoms with Crippen molar-refractivity contribution in [2.45, 2.75) is 26.3 Å². The molecule has 0 saturated carbocycles. The number of hydrogen-bond acceptors (Lipinski definition) is 2. The van der Waals surface area contributed by atoms with E-state index in [1.807, 2.05) is 32.0 Å². The highest BCUT2D eigenvalue weighted by Crippen LogP contribution is 2.31. The summed E-state index contributed by atoms with van der Waals surface area (Å²) in [5.74, 6) is 0.170. The van der Waals surface area contributed by atoms with Gasteiger partial charge in [-0.15, -0.1) is 0 Å². The number of benzene rings is 1. The van der Waals surface area contributed by atoms with Crippen molar-refractivity contribution in [3.63, 3.8) is 0 Å². The minimum Gasteiger partial charge on any atom is -0.343 e. The highest BCUT2D eigenvalue weighted by atomic mass is 79.9. The molecule has 1 aromatic rings. The lowest BCUT2D eigenvalue weighted by molar-refractivity contribution is -0.131. The first-order chi connectivity index (χ1) is 9.38. The lowest BCUT2D eigenvalue weighted by atomic mass is 10.0. The highest BCUT2D eigenvalue weighted by molar-refractivity contribution is 9.11. The molecular formula is C14H16Br2N2O2. The van der Waals surface area contributed by atoms with Crippen LogP contribution in [-0.4, -0.2) is 24.4 Å². The van der Waals surface area contributed by atoms with Crippen molar-refractivity contribution in [2.75, 3.05) is 11.4 Å². The number of halogens is 2. The van der Waals surface area contributed by atoms with Crippen LogP contribution in [0.1, 0.15) is 20.3 Å². The first-order valence-corrected chi connectivity index (χ1v) is 8.03. The number of hydrogen-bond donors (Lipinski definition) is 1. The van der Waals surface area contributed by atoms with Gasteiger partial charge in [0.15, 0.2) is 0 Å². The molecule has 108 valence electrons. The molecule has 1 fully saturated rings. The number of carbonyl (C=O) groups excluding carboxylic acids is 2. The lowest BCUT2D eigenvalue weighted by Gasteiger charge is -2.33. The molecule has 0 aliphatic carbocycles. The van der Waals surface area contributed by atoms with Gasteiger partial charge in [-0.3, -0.25) is 9.59 Å². The Bertz CT molecular complexity index is 546. The van der Waals surface area contributed by atoms with Crippen LogP contribution in [0.5, 0.6) is 0 Å². The van der Waals surface area contributed by atoms with Crippen LogP contribution >= 0.6 is 31.9 Å². The molecule has 1 aliphatic heterocycles. The fourth-order valence-electron chi connectivity index (χ4n) is 2.25. The van der Waals surface area contributed by atoms with Crippen molar-refractivity contribution in [3.8, 4) is 0 Å². The summed E-state index contributed by atoms with van der Waals surface area (Å²) in [6.07, 6.45) is 0.648. The maximum absolute atomic E-state index is 12.5. The van der Waals surface area contributed by atoms with Gasteiger partial charge in [-0.05, 0) is 46.5 Å². The van der Waals surface area contributed by atoms with Gasteiger partial charge >= 0.3 is 0 Å². The second-order valence-corrected chi connectivity index (χ2v) is 7.04. The van der Waals surface area contributed by atoms with Crippen LogP contribution in [0.2, 0.25) is 0 Å². The van der Waals surface area contributed by atoms with E-state index in [1.165, 1.54) is 0 Å². The zero-order valence-electron chi connectivity index (χ0n) is 11.3. The highest BCUT2D eigenvalue weighted by Gasteiger charge is 2.34. The zero-order chi connectivity index (χ0) is 14.9. The summed E-state index contributed by atoms with van der Waals surface area (Å²) in [4.78, 5) is 25.9. The molecule has 20 heavy (non-hydrogen) atoms. The van der Waals surface area contributed by atoms with E-state index in [-0.39, 0.29) is 18.4 Å². The maximum Gasteiger partial charge on any atom is 0.250 e. The monoisotopic (exact) mass is 402 g/mol. The second-order valence-electron chi connectivity index (χ2n) is 5.27. The molecule has 1 saturated heterocycles. The van der Waals surface area contributed by atoms with Crippen molar-refractivity contribution in [1.82, 2.24) is 5.32 Å². The minimum atomic E-state index is -0.438. The fraction of sp³-hybridized carbons (Fsp3) is 0.429. The topological polar surface area (TPSA) is 49.4 Å². The predicted octanol–water partition coefficient (Wildman–Crippen LogP) is 3.09.